The van der Waals surface area contributed by atoms with E-state index in [0.717, 1.165) is 52.1 Å². The first-order valence-electron chi connectivity index (χ1n) is 10.6. The van der Waals surface area contributed by atoms with Gasteiger partial charge in [0.05, 0.1) is 15.1 Å². The van der Waals surface area contributed by atoms with Crippen molar-refractivity contribution in [3.63, 3.8) is 0 Å². The van der Waals surface area contributed by atoms with Crippen LogP contribution in [0.25, 0.3) is 10.2 Å². The van der Waals surface area contributed by atoms with Gasteiger partial charge >= 0.3 is 0 Å². The zero-order valence-electron chi connectivity index (χ0n) is 17.6. The maximum Gasteiger partial charge on any atom is 0.151 e. The monoisotopic (exact) mass is 462 g/mol. The van der Waals surface area contributed by atoms with Crippen LogP contribution >= 0.6 is 11.3 Å². The SMILES string of the molecule is Fc1ccc(F)c(COc2ccc(Nc3ncnc4cc(C#CN5CCCC5)sc34)cc2)c1. The number of anilines is 2. The molecule has 5 rings (SSSR count). The molecule has 3 heterocycles. The van der Waals surface area contributed by atoms with E-state index in [1.165, 1.54) is 19.2 Å². The summed E-state index contributed by atoms with van der Waals surface area (Å²) in [6.45, 7) is 2.00. The van der Waals surface area contributed by atoms with Gasteiger partial charge in [0.1, 0.15) is 30.3 Å². The van der Waals surface area contributed by atoms with Crippen molar-refractivity contribution < 1.29 is 13.5 Å². The van der Waals surface area contributed by atoms with Crippen LogP contribution in [0.2, 0.25) is 0 Å². The maximum atomic E-state index is 13.8. The molecule has 0 unspecified atom stereocenters. The molecule has 0 bridgehead atoms. The lowest BCUT2D eigenvalue weighted by Gasteiger charge is -2.09. The number of likely N-dealkylation sites (tertiary alicyclic amines) is 1. The lowest BCUT2D eigenvalue weighted by molar-refractivity contribution is 0.299. The second kappa shape index (κ2) is 9.43. The van der Waals surface area contributed by atoms with E-state index in [-0.39, 0.29) is 12.2 Å². The Labute approximate surface area is 194 Å². The third-order valence-corrected chi connectivity index (χ3v) is 6.32. The quantitative estimate of drug-likeness (QED) is 0.386. The summed E-state index contributed by atoms with van der Waals surface area (Å²) in [5.74, 6) is 3.50. The minimum atomic E-state index is -0.497. The first-order chi connectivity index (χ1) is 16.1. The summed E-state index contributed by atoms with van der Waals surface area (Å²) in [5, 5.41) is 3.31. The molecule has 166 valence electrons. The van der Waals surface area contributed by atoms with E-state index in [9.17, 15) is 8.78 Å². The molecular formula is C25H20F2N4OS. The topological polar surface area (TPSA) is 50.3 Å². The second-order valence-electron chi connectivity index (χ2n) is 7.65. The number of hydrogen-bond donors (Lipinski definition) is 1. The highest BCUT2D eigenvalue weighted by atomic mass is 32.1. The largest absolute Gasteiger partial charge is 0.489 e. The first-order valence-corrected chi connectivity index (χ1v) is 11.4. The van der Waals surface area contributed by atoms with Crippen molar-refractivity contribution in [1.29, 1.82) is 0 Å². The molecule has 8 heteroatoms. The van der Waals surface area contributed by atoms with E-state index < -0.39 is 11.6 Å². The van der Waals surface area contributed by atoms with E-state index in [1.807, 2.05) is 18.2 Å². The van der Waals surface area contributed by atoms with E-state index in [0.29, 0.717) is 11.6 Å². The Hall–Kier alpha value is -3.70. The summed E-state index contributed by atoms with van der Waals surface area (Å²) in [6.07, 6.45) is 3.93. The van der Waals surface area contributed by atoms with E-state index in [2.05, 4.69) is 32.1 Å². The molecular weight excluding hydrogens is 442 g/mol. The van der Waals surface area contributed by atoms with Gasteiger partial charge in [-0.1, -0.05) is 0 Å². The number of benzene rings is 2. The van der Waals surface area contributed by atoms with Gasteiger partial charge in [-0.3, -0.25) is 0 Å². The molecule has 2 aromatic heterocycles. The molecule has 1 fully saturated rings. The number of ether oxygens (including phenoxy) is 1. The molecule has 1 aliphatic heterocycles. The standard InChI is InChI=1S/C25H20F2N4OS/c26-18-3-8-22(27)17(13-18)15-32-20-6-4-19(5-7-20)30-25-24-23(28-16-29-25)14-21(33-24)9-12-31-10-1-2-11-31/h3-8,13-14,16H,1-2,10-11,15H2,(H,28,29,30). The Balaban J connectivity index is 1.27. The molecule has 0 aliphatic carbocycles. The smallest absolute Gasteiger partial charge is 0.151 e. The van der Waals surface area contributed by atoms with Crippen LogP contribution in [0.5, 0.6) is 5.75 Å². The number of hydrogen-bond acceptors (Lipinski definition) is 6. The number of fused-ring (bicyclic) bond motifs is 1. The molecule has 0 amide bonds. The Kier molecular flexibility index (Phi) is 6.05. The predicted octanol–water partition coefficient (Wildman–Crippen LogP) is 5.70. The first kappa shape index (κ1) is 21.2. The fourth-order valence-corrected chi connectivity index (χ4v) is 4.46. The Morgan fingerprint density at radius 2 is 1.85 bits per heavy atom. The van der Waals surface area contributed by atoms with Crippen molar-refractivity contribution >= 4 is 33.1 Å². The lowest BCUT2D eigenvalue weighted by atomic mass is 10.2. The highest BCUT2D eigenvalue weighted by molar-refractivity contribution is 7.20. The molecule has 0 radical (unpaired) electrons. The Bertz CT molecular complexity index is 1340. The normalized spacial score (nSPS) is 13.1. The molecule has 1 aliphatic rings. The van der Waals surface area contributed by atoms with Crippen LogP contribution in [0.3, 0.4) is 0 Å². The van der Waals surface area contributed by atoms with Crippen LogP contribution in [0.15, 0.2) is 54.9 Å². The van der Waals surface area contributed by atoms with Crippen molar-refractivity contribution in [2.24, 2.45) is 0 Å². The maximum absolute atomic E-state index is 13.8. The van der Waals surface area contributed by atoms with Crippen LogP contribution in [0, 0.1) is 23.6 Å². The fraction of sp³-hybridized carbons (Fsp3) is 0.200. The zero-order valence-corrected chi connectivity index (χ0v) is 18.5. The summed E-state index contributed by atoms with van der Waals surface area (Å²) in [6, 6.07) is 15.7. The van der Waals surface area contributed by atoms with Gasteiger partial charge in [-0.15, -0.1) is 11.3 Å². The van der Waals surface area contributed by atoms with Gasteiger partial charge < -0.3 is 15.0 Å². The third kappa shape index (κ3) is 5.04. The number of aromatic nitrogens is 2. The van der Waals surface area contributed by atoms with Crippen molar-refractivity contribution in [2.45, 2.75) is 19.4 Å². The summed E-state index contributed by atoms with van der Waals surface area (Å²) < 4.78 is 33.6. The van der Waals surface area contributed by atoms with Gasteiger partial charge in [0.15, 0.2) is 5.82 Å². The van der Waals surface area contributed by atoms with Crippen molar-refractivity contribution in [2.75, 3.05) is 18.4 Å². The van der Waals surface area contributed by atoms with Gasteiger partial charge in [0.25, 0.3) is 0 Å². The summed E-state index contributed by atoms with van der Waals surface area (Å²) in [5.41, 5.74) is 1.83. The van der Waals surface area contributed by atoms with Gasteiger partial charge in [-0.25, -0.2) is 18.7 Å². The molecule has 0 atom stereocenters. The summed E-state index contributed by atoms with van der Waals surface area (Å²) >= 11 is 1.56. The van der Waals surface area contributed by atoms with Crippen molar-refractivity contribution in [3.05, 3.63) is 76.9 Å². The van der Waals surface area contributed by atoms with Gasteiger partial charge in [-0.05, 0) is 67.3 Å². The minimum absolute atomic E-state index is 0.0562. The molecule has 0 saturated carbocycles. The van der Waals surface area contributed by atoms with Crippen LogP contribution in [0.4, 0.5) is 20.3 Å². The molecule has 1 saturated heterocycles. The second-order valence-corrected chi connectivity index (χ2v) is 8.70. The predicted molar refractivity (Wildman–Crippen MR) is 126 cm³/mol. The Morgan fingerprint density at radius 3 is 2.67 bits per heavy atom. The highest BCUT2D eigenvalue weighted by Crippen LogP contribution is 2.31. The molecule has 1 N–H and O–H groups in total. The van der Waals surface area contributed by atoms with Crippen molar-refractivity contribution in [3.8, 4) is 17.7 Å². The van der Waals surface area contributed by atoms with Gasteiger partial charge in [-0.2, -0.15) is 0 Å². The van der Waals surface area contributed by atoms with E-state index >= 15 is 0 Å². The van der Waals surface area contributed by atoms with Crippen LogP contribution < -0.4 is 10.1 Å². The number of nitrogens with zero attached hydrogens (tertiary/aromatic N) is 3. The van der Waals surface area contributed by atoms with Crippen LogP contribution in [-0.2, 0) is 6.61 Å². The third-order valence-electron chi connectivity index (χ3n) is 5.27. The number of rotatable bonds is 5. The number of halogens is 2. The van der Waals surface area contributed by atoms with Gasteiger partial charge in [0, 0.05) is 30.4 Å². The van der Waals surface area contributed by atoms with Crippen molar-refractivity contribution in [1.82, 2.24) is 14.9 Å². The minimum Gasteiger partial charge on any atom is -0.489 e. The number of nitrogens with one attached hydrogen (secondary N) is 1. The average Bonchev–Trinajstić information content (AvgIpc) is 3.49. The lowest BCUT2D eigenvalue weighted by Crippen LogP contribution is -2.10. The highest BCUT2D eigenvalue weighted by Gasteiger charge is 2.10. The Morgan fingerprint density at radius 1 is 1.03 bits per heavy atom. The van der Waals surface area contributed by atoms with E-state index in [1.54, 1.807) is 23.5 Å². The van der Waals surface area contributed by atoms with Crippen LogP contribution in [0.1, 0.15) is 23.3 Å². The number of thiophene rings is 1. The molecule has 33 heavy (non-hydrogen) atoms. The molecule has 5 nitrogen and oxygen atoms in total. The van der Waals surface area contributed by atoms with Crippen LogP contribution in [-0.4, -0.2) is 28.0 Å². The van der Waals surface area contributed by atoms with Gasteiger partial charge in [0.2, 0.25) is 0 Å². The van der Waals surface area contributed by atoms with E-state index in [4.69, 9.17) is 4.74 Å². The molecule has 4 aromatic rings. The summed E-state index contributed by atoms with van der Waals surface area (Å²) in [7, 11) is 0. The average molecular weight is 463 g/mol. The molecule has 0 spiro atoms. The fourth-order valence-electron chi connectivity index (χ4n) is 3.55. The zero-order chi connectivity index (χ0) is 22.6. The summed E-state index contributed by atoms with van der Waals surface area (Å²) in [4.78, 5) is 11.9. The molecule has 2 aromatic carbocycles.